The third-order valence-electron chi connectivity index (χ3n) is 4.27. The number of benzene rings is 1. The smallest absolute Gasteiger partial charge is 0.315 e. The van der Waals surface area contributed by atoms with Crippen molar-refractivity contribution in [3.05, 3.63) is 46.2 Å². The van der Waals surface area contributed by atoms with Gasteiger partial charge in [-0.3, -0.25) is 5.10 Å². The molecular weight excluding hydrogens is 328 g/mol. The van der Waals surface area contributed by atoms with E-state index >= 15 is 0 Å². The normalized spacial score (nSPS) is 16.3. The molecule has 1 heterocycles. The van der Waals surface area contributed by atoms with Crippen LogP contribution in [0.3, 0.4) is 0 Å². The molecule has 1 unspecified atom stereocenters. The number of methoxy groups -OCH3 is 1. The molecule has 1 atom stereocenters. The number of rotatable bonds is 5. The Morgan fingerprint density at radius 1 is 1.50 bits per heavy atom. The third kappa shape index (κ3) is 4.00. The Kier molecular flexibility index (Phi) is 5.25. The molecule has 7 heteroatoms. The number of ether oxygens (including phenoxy) is 1. The minimum atomic E-state index is -0.145. The lowest BCUT2D eigenvalue weighted by molar-refractivity contribution is 0.235. The van der Waals surface area contributed by atoms with Gasteiger partial charge in [0, 0.05) is 23.3 Å². The minimum Gasteiger partial charge on any atom is -0.496 e. The van der Waals surface area contributed by atoms with Crippen LogP contribution in [0.15, 0.2) is 24.4 Å². The second-order valence-electron chi connectivity index (χ2n) is 5.92. The number of aromatic nitrogens is 2. The Morgan fingerprint density at radius 2 is 2.38 bits per heavy atom. The van der Waals surface area contributed by atoms with Crippen molar-refractivity contribution < 1.29 is 9.53 Å². The predicted octanol–water partition coefficient (Wildman–Crippen LogP) is 2.47. The number of amides is 2. The Hall–Kier alpha value is -2.21. The van der Waals surface area contributed by atoms with Crippen LogP contribution >= 0.6 is 11.6 Å². The van der Waals surface area contributed by atoms with Crippen LogP contribution in [0.2, 0.25) is 5.02 Å². The summed E-state index contributed by atoms with van der Waals surface area (Å²) in [6.45, 7) is 0.520. The highest BCUT2D eigenvalue weighted by molar-refractivity contribution is 6.30. The van der Waals surface area contributed by atoms with E-state index in [1.54, 1.807) is 13.2 Å². The Bertz CT molecular complexity index is 716. The summed E-state index contributed by atoms with van der Waals surface area (Å²) < 4.78 is 5.31. The summed E-state index contributed by atoms with van der Waals surface area (Å²) in [5.74, 6) is 0.779. The highest BCUT2D eigenvalue weighted by atomic mass is 35.5. The van der Waals surface area contributed by atoms with Crippen molar-refractivity contribution in [3.8, 4) is 5.75 Å². The summed E-state index contributed by atoms with van der Waals surface area (Å²) in [7, 11) is 1.63. The first kappa shape index (κ1) is 16.6. The number of halogens is 1. The van der Waals surface area contributed by atoms with Crippen LogP contribution < -0.4 is 15.4 Å². The van der Waals surface area contributed by atoms with Gasteiger partial charge in [-0.25, -0.2) is 4.79 Å². The maximum absolute atomic E-state index is 12.1. The maximum atomic E-state index is 12.1. The van der Waals surface area contributed by atoms with Crippen molar-refractivity contribution in [2.24, 2.45) is 0 Å². The van der Waals surface area contributed by atoms with Crippen molar-refractivity contribution in [2.45, 2.75) is 31.7 Å². The number of aromatic amines is 1. The molecule has 1 aromatic heterocycles. The number of hydrogen-bond donors (Lipinski definition) is 3. The molecule has 1 aliphatic carbocycles. The van der Waals surface area contributed by atoms with Crippen LogP contribution in [0.5, 0.6) is 5.75 Å². The Balaban J connectivity index is 1.46. The van der Waals surface area contributed by atoms with E-state index in [4.69, 9.17) is 16.3 Å². The number of nitrogens with one attached hydrogen (secondary N) is 3. The van der Waals surface area contributed by atoms with E-state index < -0.39 is 0 Å². The number of urea groups is 1. The summed E-state index contributed by atoms with van der Waals surface area (Å²) in [6.07, 6.45) is 5.16. The third-order valence-corrected chi connectivity index (χ3v) is 4.51. The average Bonchev–Trinajstić information content (AvgIpc) is 3.03. The van der Waals surface area contributed by atoms with Gasteiger partial charge in [-0.2, -0.15) is 5.10 Å². The van der Waals surface area contributed by atoms with Crippen LogP contribution in [-0.4, -0.2) is 35.9 Å². The van der Waals surface area contributed by atoms with Gasteiger partial charge in [-0.05, 0) is 55.0 Å². The first-order chi connectivity index (χ1) is 11.7. The predicted molar refractivity (Wildman–Crippen MR) is 92.6 cm³/mol. The van der Waals surface area contributed by atoms with Crippen LogP contribution in [0.4, 0.5) is 4.79 Å². The lowest BCUT2D eigenvalue weighted by atomic mass is 9.94. The van der Waals surface area contributed by atoms with Gasteiger partial charge < -0.3 is 15.4 Å². The molecule has 3 rings (SSSR count). The number of aryl methyl sites for hydroxylation is 1. The molecule has 2 aromatic rings. The zero-order valence-electron chi connectivity index (χ0n) is 13.6. The van der Waals surface area contributed by atoms with E-state index in [0.29, 0.717) is 18.0 Å². The lowest BCUT2D eigenvalue weighted by Gasteiger charge is -2.23. The molecular formula is C17H21ClN4O2. The summed E-state index contributed by atoms with van der Waals surface area (Å²) in [4.78, 5) is 12.1. The molecule has 0 bridgehead atoms. The van der Waals surface area contributed by atoms with Gasteiger partial charge in [-0.1, -0.05) is 11.6 Å². The van der Waals surface area contributed by atoms with Crippen LogP contribution in [0.25, 0.3) is 0 Å². The fourth-order valence-electron chi connectivity index (χ4n) is 3.03. The quantitative estimate of drug-likeness (QED) is 0.776. The van der Waals surface area contributed by atoms with Crippen LogP contribution in [0, 0.1) is 0 Å². The van der Waals surface area contributed by atoms with E-state index in [2.05, 4.69) is 20.8 Å². The monoisotopic (exact) mass is 348 g/mol. The van der Waals surface area contributed by atoms with Gasteiger partial charge in [0.2, 0.25) is 0 Å². The number of carbonyl (C=O) groups excluding carboxylic acids is 1. The summed E-state index contributed by atoms with van der Waals surface area (Å²) in [5, 5.41) is 13.6. The zero-order chi connectivity index (χ0) is 16.9. The van der Waals surface area contributed by atoms with Crippen molar-refractivity contribution in [1.29, 1.82) is 0 Å². The van der Waals surface area contributed by atoms with E-state index in [9.17, 15) is 4.79 Å². The molecule has 0 saturated carbocycles. The van der Waals surface area contributed by atoms with Gasteiger partial charge in [0.05, 0.1) is 13.3 Å². The molecule has 2 amide bonds. The van der Waals surface area contributed by atoms with Gasteiger partial charge in [0.15, 0.2) is 0 Å². The molecule has 0 spiro atoms. The van der Waals surface area contributed by atoms with Crippen LogP contribution in [0.1, 0.15) is 23.2 Å². The van der Waals surface area contributed by atoms with Gasteiger partial charge >= 0.3 is 6.03 Å². The second-order valence-corrected chi connectivity index (χ2v) is 6.36. The maximum Gasteiger partial charge on any atom is 0.315 e. The van der Waals surface area contributed by atoms with Crippen molar-refractivity contribution in [1.82, 2.24) is 20.8 Å². The molecule has 128 valence electrons. The van der Waals surface area contributed by atoms with Gasteiger partial charge in [0.25, 0.3) is 0 Å². The van der Waals surface area contributed by atoms with E-state index in [1.807, 2.05) is 18.3 Å². The van der Waals surface area contributed by atoms with E-state index in [1.165, 1.54) is 11.3 Å². The Labute approximate surface area is 145 Å². The average molecular weight is 349 g/mol. The fourth-order valence-corrected chi connectivity index (χ4v) is 3.22. The molecule has 0 aliphatic heterocycles. The van der Waals surface area contributed by atoms with E-state index in [0.717, 1.165) is 30.6 Å². The number of carbonyl (C=O) groups is 1. The minimum absolute atomic E-state index is 0.145. The molecule has 0 radical (unpaired) electrons. The molecule has 3 N–H and O–H groups in total. The number of nitrogens with zero attached hydrogens (tertiary/aromatic N) is 1. The van der Waals surface area contributed by atoms with Crippen molar-refractivity contribution in [2.75, 3.05) is 13.7 Å². The zero-order valence-corrected chi connectivity index (χ0v) is 14.3. The fraction of sp³-hybridized carbons (Fsp3) is 0.412. The van der Waals surface area contributed by atoms with Gasteiger partial charge in [-0.15, -0.1) is 0 Å². The first-order valence-electron chi connectivity index (χ1n) is 8.03. The molecule has 1 aliphatic rings. The summed E-state index contributed by atoms with van der Waals surface area (Å²) >= 11 is 6.01. The van der Waals surface area contributed by atoms with Crippen molar-refractivity contribution in [3.63, 3.8) is 0 Å². The lowest BCUT2D eigenvalue weighted by Crippen LogP contribution is -2.44. The molecule has 6 nitrogen and oxygen atoms in total. The molecule has 0 fully saturated rings. The largest absolute Gasteiger partial charge is 0.496 e. The molecule has 24 heavy (non-hydrogen) atoms. The highest BCUT2D eigenvalue weighted by Gasteiger charge is 2.21. The van der Waals surface area contributed by atoms with Gasteiger partial charge in [0.1, 0.15) is 5.75 Å². The topological polar surface area (TPSA) is 79.0 Å². The van der Waals surface area contributed by atoms with Crippen LogP contribution in [-0.2, 0) is 19.3 Å². The first-order valence-corrected chi connectivity index (χ1v) is 8.41. The second kappa shape index (κ2) is 7.57. The molecule has 1 aromatic carbocycles. The Morgan fingerprint density at radius 3 is 3.21 bits per heavy atom. The highest BCUT2D eigenvalue weighted by Crippen LogP contribution is 2.22. The summed E-state index contributed by atoms with van der Waals surface area (Å²) in [6, 6.07) is 5.49. The number of hydrogen-bond acceptors (Lipinski definition) is 3. The SMILES string of the molecule is COc1ccc(Cl)cc1CCNC(=O)NC1CCc2[nH]ncc2C1. The number of fused-ring (bicyclic) bond motifs is 1. The molecule has 0 saturated heterocycles. The number of H-pyrrole nitrogens is 1. The summed E-state index contributed by atoms with van der Waals surface area (Å²) in [5.41, 5.74) is 3.35. The van der Waals surface area contributed by atoms with E-state index in [-0.39, 0.29) is 12.1 Å². The van der Waals surface area contributed by atoms with Crippen molar-refractivity contribution >= 4 is 17.6 Å². The standard InChI is InChI=1S/C17H21ClN4O2/c1-24-16-5-2-13(18)8-11(16)6-7-19-17(23)21-14-3-4-15-12(9-14)10-20-22-15/h2,5,8,10,14H,3-4,6-7,9H2,1H3,(H,20,22)(H2,19,21,23).